The van der Waals surface area contributed by atoms with E-state index >= 15 is 0 Å². The first-order valence-corrected chi connectivity index (χ1v) is 7.83. The molecule has 0 radical (unpaired) electrons. The van der Waals surface area contributed by atoms with Crippen molar-refractivity contribution in [2.45, 2.75) is 26.3 Å². The minimum absolute atomic E-state index is 0.0548. The van der Waals surface area contributed by atoms with Crippen LogP contribution in [0.1, 0.15) is 31.9 Å². The molecule has 0 aliphatic heterocycles. The van der Waals surface area contributed by atoms with Crippen LogP contribution < -0.4 is 4.74 Å². The van der Waals surface area contributed by atoms with Gasteiger partial charge in [0.15, 0.2) is 0 Å². The Morgan fingerprint density at radius 3 is 2.57 bits per heavy atom. The van der Waals surface area contributed by atoms with Crippen molar-refractivity contribution in [1.82, 2.24) is 9.55 Å². The number of nitrogens with zero attached hydrogens (tertiary/aromatic N) is 2. The lowest BCUT2D eigenvalue weighted by atomic mass is 10.0. The molecular formula is C19H22N2O2. The predicted molar refractivity (Wildman–Crippen MR) is 92.9 cm³/mol. The van der Waals surface area contributed by atoms with Crippen LogP contribution in [0.15, 0.2) is 54.9 Å². The highest BCUT2D eigenvalue weighted by molar-refractivity contribution is 5.83. The molecule has 0 bridgehead atoms. The molecule has 0 spiro atoms. The molecule has 1 atom stereocenters. The third-order valence-corrected chi connectivity index (χ3v) is 3.63. The first-order chi connectivity index (χ1) is 11.3. The van der Waals surface area contributed by atoms with Crippen molar-refractivity contribution in [3.8, 4) is 5.75 Å². The Morgan fingerprint density at radius 2 is 1.91 bits per heavy atom. The van der Waals surface area contributed by atoms with Crippen LogP contribution in [0.25, 0.3) is 11.0 Å². The summed E-state index contributed by atoms with van der Waals surface area (Å²) < 4.78 is 7.39. The summed E-state index contributed by atoms with van der Waals surface area (Å²) in [6.45, 7) is 4.00. The Hall–Kier alpha value is -2.62. The summed E-state index contributed by atoms with van der Waals surface area (Å²) in [5, 5.41) is 0.951. The second-order valence-electron chi connectivity index (χ2n) is 4.80. The number of carbonyl (C=O) groups is 1. The van der Waals surface area contributed by atoms with E-state index in [1.807, 2.05) is 67.1 Å². The number of carbonyl (C=O) groups excluding carboxylic acids is 1. The minimum Gasteiger partial charge on any atom is -0.496 e. The van der Waals surface area contributed by atoms with Gasteiger partial charge in [-0.05, 0) is 17.7 Å². The Bertz CT molecular complexity index is 750. The number of aromatic nitrogens is 2. The van der Waals surface area contributed by atoms with E-state index in [1.165, 1.54) is 0 Å². The van der Waals surface area contributed by atoms with E-state index in [1.54, 1.807) is 13.3 Å². The molecule has 0 amide bonds. The zero-order valence-corrected chi connectivity index (χ0v) is 13.8. The molecule has 4 nitrogen and oxygen atoms in total. The van der Waals surface area contributed by atoms with Gasteiger partial charge in [0, 0.05) is 18.8 Å². The normalized spacial score (nSPS) is 11.4. The zero-order chi connectivity index (χ0) is 16.7. The fraction of sp³-hybridized carbons (Fsp3) is 0.263. The van der Waals surface area contributed by atoms with Gasteiger partial charge in [-0.1, -0.05) is 44.2 Å². The van der Waals surface area contributed by atoms with Gasteiger partial charge in [0.25, 0.3) is 0 Å². The monoisotopic (exact) mass is 310 g/mol. The molecule has 3 rings (SSSR count). The fourth-order valence-corrected chi connectivity index (χ4v) is 2.64. The van der Waals surface area contributed by atoms with Gasteiger partial charge in [0.2, 0.25) is 0 Å². The van der Waals surface area contributed by atoms with E-state index in [0.29, 0.717) is 6.42 Å². The molecule has 2 heterocycles. The number of hydrogen-bond donors (Lipinski definition) is 0. The Labute approximate surface area is 136 Å². The summed E-state index contributed by atoms with van der Waals surface area (Å²) in [5.41, 5.74) is 1.91. The van der Waals surface area contributed by atoms with Crippen LogP contribution in [0.4, 0.5) is 0 Å². The van der Waals surface area contributed by atoms with Gasteiger partial charge < -0.3 is 14.1 Å². The van der Waals surface area contributed by atoms with E-state index in [-0.39, 0.29) is 6.04 Å². The SMILES string of the molecule is CC.COc1ccnc2c1ccn2C(CC=O)c1ccccc1. The summed E-state index contributed by atoms with van der Waals surface area (Å²) in [7, 11) is 1.65. The lowest BCUT2D eigenvalue weighted by Gasteiger charge is -2.18. The van der Waals surface area contributed by atoms with E-state index in [2.05, 4.69) is 4.98 Å². The number of fused-ring (bicyclic) bond motifs is 1. The molecule has 2 aromatic heterocycles. The Balaban J connectivity index is 0.000000924. The first kappa shape index (κ1) is 16.7. The number of hydrogen-bond acceptors (Lipinski definition) is 3. The largest absolute Gasteiger partial charge is 0.496 e. The molecule has 0 saturated heterocycles. The molecule has 1 unspecified atom stereocenters. The highest BCUT2D eigenvalue weighted by Gasteiger charge is 2.17. The summed E-state index contributed by atoms with van der Waals surface area (Å²) >= 11 is 0. The fourth-order valence-electron chi connectivity index (χ4n) is 2.64. The summed E-state index contributed by atoms with van der Waals surface area (Å²) in [6, 6.07) is 13.7. The first-order valence-electron chi connectivity index (χ1n) is 7.83. The van der Waals surface area contributed by atoms with Crippen LogP contribution >= 0.6 is 0 Å². The van der Waals surface area contributed by atoms with E-state index in [9.17, 15) is 4.79 Å². The minimum atomic E-state index is -0.0548. The van der Waals surface area contributed by atoms with Crippen molar-refractivity contribution >= 4 is 17.3 Å². The van der Waals surface area contributed by atoms with Crippen LogP contribution in [0.5, 0.6) is 5.75 Å². The van der Waals surface area contributed by atoms with Gasteiger partial charge in [0.05, 0.1) is 18.5 Å². The number of pyridine rings is 1. The highest BCUT2D eigenvalue weighted by atomic mass is 16.5. The highest BCUT2D eigenvalue weighted by Crippen LogP contribution is 2.30. The second-order valence-corrected chi connectivity index (χ2v) is 4.80. The molecule has 0 saturated carbocycles. The van der Waals surface area contributed by atoms with Crippen molar-refractivity contribution in [1.29, 1.82) is 0 Å². The van der Waals surface area contributed by atoms with Gasteiger partial charge in [-0.15, -0.1) is 0 Å². The molecule has 0 aliphatic rings. The number of ether oxygens (including phenoxy) is 1. The molecule has 1 aromatic carbocycles. The topological polar surface area (TPSA) is 44.1 Å². The maximum atomic E-state index is 11.1. The van der Waals surface area contributed by atoms with Gasteiger partial charge in [-0.2, -0.15) is 0 Å². The second kappa shape index (κ2) is 8.13. The molecule has 0 aliphatic carbocycles. The van der Waals surface area contributed by atoms with Crippen molar-refractivity contribution in [3.63, 3.8) is 0 Å². The van der Waals surface area contributed by atoms with Crippen molar-refractivity contribution in [2.75, 3.05) is 7.11 Å². The third-order valence-electron chi connectivity index (χ3n) is 3.63. The molecule has 3 aromatic rings. The molecule has 120 valence electrons. The maximum Gasteiger partial charge on any atom is 0.144 e. The van der Waals surface area contributed by atoms with Gasteiger partial charge >= 0.3 is 0 Å². The lowest BCUT2D eigenvalue weighted by Crippen LogP contribution is -2.10. The smallest absolute Gasteiger partial charge is 0.144 e. The Kier molecular flexibility index (Phi) is 5.92. The van der Waals surface area contributed by atoms with E-state index < -0.39 is 0 Å². The van der Waals surface area contributed by atoms with Crippen LogP contribution in [-0.2, 0) is 4.79 Å². The third kappa shape index (κ3) is 3.42. The molecule has 4 heteroatoms. The van der Waals surface area contributed by atoms with Crippen molar-refractivity contribution in [3.05, 3.63) is 60.4 Å². The molecule has 0 fully saturated rings. The van der Waals surface area contributed by atoms with Crippen molar-refractivity contribution < 1.29 is 9.53 Å². The summed E-state index contributed by atoms with van der Waals surface area (Å²) in [4.78, 5) is 15.5. The lowest BCUT2D eigenvalue weighted by molar-refractivity contribution is -0.108. The van der Waals surface area contributed by atoms with Crippen LogP contribution in [0.2, 0.25) is 0 Å². The number of methoxy groups -OCH3 is 1. The standard InChI is InChI=1S/C17H16N2O2.C2H6/c1-21-16-7-10-18-17-14(16)8-11-19(17)15(9-12-20)13-5-3-2-4-6-13;1-2/h2-8,10-12,15H,9H2,1H3;1-2H3. The van der Waals surface area contributed by atoms with Gasteiger partial charge in [0.1, 0.15) is 17.7 Å². The summed E-state index contributed by atoms with van der Waals surface area (Å²) in [6.07, 6.45) is 5.04. The van der Waals surface area contributed by atoms with Gasteiger partial charge in [-0.3, -0.25) is 0 Å². The number of aldehydes is 1. The van der Waals surface area contributed by atoms with E-state index in [4.69, 9.17) is 4.74 Å². The van der Waals surface area contributed by atoms with Crippen LogP contribution in [0.3, 0.4) is 0 Å². The van der Waals surface area contributed by atoms with Crippen LogP contribution in [0, 0.1) is 0 Å². The number of rotatable bonds is 5. The average molecular weight is 310 g/mol. The van der Waals surface area contributed by atoms with Crippen molar-refractivity contribution in [2.24, 2.45) is 0 Å². The Morgan fingerprint density at radius 1 is 1.17 bits per heavy atom. The van der Waals surface area contributed by atoms with Crippen LogP contribution in [-0.4, -0.2) is 22.9 Å². The number of benzene rings is 1. The van der Waals surface area contributed by atoms with E-state index in [0.717, 1.165) is 28.6 Å². The maximum absolute atomic E-state index is 11.1. The summed E-state index contributed by atoms with van der Waals surface area (Å²) in [5.74, 6) is 0.789. The molecule has 0 N–H and O–H groups in total. The molecular weight excluding hydrogens is 288 g/mol. The van der Waals surface area contributed by atoms with Gasteiger partial charge in [-0.25, -0.2) is 4.98 Å². The zero-order valence-electron chi connectivity index (χ0n) is 13.8. The molecule has 23 heavy (non-hydrogen) atoms. The quantitative estimate of drug-likeness (QED) is 0.662. The average Bonchev–Trinajstić information content (AvgIpc) is 3.06. The predicted octanol–water partition coefficient (Wildman–Crippen LogP) is 4.25.